The lowest BCUT2D eigenvalue weighted by Gasteiger charge is -2.21. The van der Waals surface area contributed by atoms with Crippen LogP contribution in [-0.2, 0) is 20.6 Å². The second-order valence-electron chi connectivity index (χ2n) is 5.89. The van der Waals surface area contributed by atoms with Gasteiger partial charge in [-0.2, -0.15) is 11.8 Å². The summed E-state index contributed by atoms with van der Waals surface area (Å²) < 4.78 is 38.2. The fourth-order valence-electron chi connectivity index (χ4n) is 2.30. The first-order valence-corrected chi connectivity index (χ1v) is 11.9. The number of thioether (sulfide) groups is 1. The lowest BCUT2D eigenvalue weighted by molar-refractivity contribution is -0.119. The van der Waals surface area contributed by atoms with Gasteiger partial charge in [-0.1, -0.05) is 35.3 Å². The number of halogens is 3. The molecule has 0 saturated heterocycles. The highest BCUT2D eigenvalue weighted by Crippen LogP contribution is 2.24. The van der Waals surface area contributed by atoms with Gasteiger partial charge in [0.15, 0.2) is 0 Å². The van der Waals surface area contributed by atoms with Crippen LogP contribution in [0.3, 0.4) is 0 Å². The van der Waals surface area contributed by atoms with Crippen molar-refractivity contribution in [3.05, 3.63) is 63.9 Å². The minimum atomic E-state index is -3.73. The van der Waals surface area contributed by atoms with Gasteiger partial charge >= 0.3 is 0 Å². The van der Waals surface area contributed by atoms with Gasteiger partial charge in [-0.25, -0.2) is 12.8 Å². The minimum Gasteiger partial charge on any atom is -0.354 e. The average Bonchev–Trinajstić information content (AvgIpc) is 2.60. The second-order valence-corrected chi connectivity index (χ2v) is 9.74. The summed E-state index contributed by atoms with van der Waals surface area (Å²) in [6, 6.07) is 10.4. The van der Waals surface area contributed by atoms with Gasteiger partial charge in [0, 0.05) is 28.1 Å². The minimum absolute atomic E-state index is 0.101. The number of hydrogen-bond donors (Lipinski definition) is 1. The van der Waals surface area contributed by atoms with Crippen molar-refractivity contribution >= 4 is 56.6 Å². The quantitative estimate of drug-likeness (QED) is 0.570. The molecule has 0 spiro atoms. The smallest absolute Gasteiger partial charge is 0.240 e. The normalized spacial score (nSPS) is 11.3. The summed E-state index contributed by atoms with van der Waals surface area (Å²) in [4.78, 5) is 12.1. The number of amides is 1. The molecular weight excluding hydrogens is 446 g/mol. The molecular formula is C18H19Cl2FN2O3S2. The van der Waals surface area contributed by atoms with Crippen LogP contribution in [0.1, 0.15) is 5.56 Å². The number of carbonyl (C=O) groups is 1. The van der Waals surface area contributed by atoms with Crippen molar-refractivity contribution in [3.63, 3.8) is 0 Å². The molecule has 1 N–H and O–H groups in total. The van der Waals surface area contributed by atoms with Gasteiger partial charge in [-0.3, -0.25) is 9.10 Å². The van der Waals surface area contributed by atoms with Crippen LogP contribution >= 0.6 is 35.0 Å². The number of nitrogens with zero attached hydrogens (tertiary/aromatic N) is 1. The summed E-state index contributed by atoms with van der Waals surface area (Å²) in [5.74, 6) is 0.220. The van der Waals surface area contributed by atoms with E-state index in [1.165, 1.54) is 18.2 Å². The van der Waals surface area contributed by atoms with Crippen molar-refractivity contribution in [3.8, 4) is 0 Å². The van der Waals surface area contributed by atoms with Gasteiger partial charge in [-0.05, 0) is 35.9 Å². The van der Waals surface area contributed by atoms with Crippen LogP contribution in [0.25, 0.3) is 0 Å². The molecule has 10 heteroatoms. The van der Waals surface area contributed by atoms with Crippen molar-refractivity contribution in [2.24, 2.45) is 0 Å². The summed E-state index contributed by atoms with van der Waals surface area (Å²) in [5, 5.41) is 3.82. The Morgan fingerprint density at radius 1 is 1.21 bits per heavy atom. The lowest BCUT2D eigenvalue weighted by atomic mass is 10.2. The molecule has 0 fully saturated rings. The number of hydrogen-bond acceptors (Lipinski definition) is 4. The highest BCUT2D eigenvalue weighted by Gasteiger charge is 2.21. The first kappa shape index (κ1) is 22.8. The van der Waals surface area contributed by atoms with Gasteiger partial charge in [-0.15, -0.1) is 0 Å². The number of sulfonamides is 1. The Morgan fingerprint density at radius 3 is 2.61 bits per heavy atom. The molecule has 2 rings (SSSR count). The van der Waals surface area contributed by atoms with Crippen LogP contribution in [0.15, 0.2) is 42.5 Å². The molecule has 28 heavy (non-hydrogen) atoms. The maximum Gasteiger partial charge on any atom is 0.240 e. The predicted octanol–water partition coefficient (Wildman–Crippen LogP) is 3.95. The third-order valence-electron chi connectivity index (χ3n) is 3.62. The summed E-state index contributed by atoms with van der Waals surface area (Å²) in [6.45, 7) is -0.0641. The highest BCUT2D eigenvalue weighted by atomic mass is 35.5. The zero-order valence-corrected chi connectivity index (χ0v) is 18.1. The van der Waals surface area contributed by atoms with Gasteiger partial charge in [0.2, 0.25) is 15.9 Å². The number of anilines is 1. The number of nitrogens with one attached hydrogen (secondary N) is 1. The summed E-state index contributed by atoms with van der Waals surface area (Å²) >= 11 is 13.5. The van der Waals surface area contributed by atoms with E-state index in [0.717, 1.165) is 22.2 Å². The Balaban J connectivity index is 1.83. The van der Waals surface area contributed by atoms with E-state index < -0.39 is 28.3 Å². The van der Waals surface area contributed by atoms with Gasteiger partial charge in [0.1, 0.15) is 12.4 Å². The Bertz CT molecular complexity index is 942. The fourth-order valence-corrected chi connectivity index (χ4v) is 4.57. The van der Waals surface area contributed by atoms with Crippen molar-refractivity contribution < 1.29 is 17.6 Å². The van der Waals surface area contributed by atoms with Gasteiger partial charge < -0.3 is 5.32 Å². The molecule has 0 aliphatic rings. The summed E-state index contributed by atoms with van der Waals surface area (Å²) in [6.07, 6.45) is 0.969. The van der Waals surface area contributed by atoms with E-state index in [0.29, 0.717) is 28.1 Å². The Kier molecular flexibility index (Phi) is 8.42. The summed E-state index contributed by atoms with van der Waals surface area (Å²) in [7, 11) is -3.73. The molecule has 1 amide bonds. The lowest BCUT2D eigenvalue weighted by Crippen LogP contribution is -2.41. The number of rotatable bonds is 9. The largest absolute Gasteiger partial charge is 0.354 e. The monoisotopic (exact) mass is 464 g/mol. The van der Waals surface area contributed by atoms with Crippen LogP contribution < -0.4 is 9.62 Å². The maximum atomic E-state index is 13.4. The Morgan fingerprint density at radius 2 is 1.96 bits per heavy atom. The van der Waals surface area contributed by atoms with E-state index in [1.54, 1.807) is 23.9 Å². The first-order chi connectivity index (χ1) is 13.2. The molecule has 0 bridgehead atoms. The Labute approximate surface area is 178 Å². The molecule has 2 aromatic carbocycles. The standard InChI is InChI=1S/C18H19Cl2FN2O3S2/c1-28(25,26)23(16-4-2-3-15(21)10-16)11-18(24)22-7-8-27-12-13-5-6-14(19)9-17(13)20/h2-6,9-10H,7-8,11-12H2,1H3,(H,22,24). The number of benzene rings is 2. The molecule has 0 radical (unpaired) electrons. The zero-order chi connectivity index (χ0) is 20.7. The van der Waals surface area contributed by atoms with E-state index in [9.17, 15) is 17.6 Å². The third kappa shape index (κ3) is 7.16. The van der Waals surface area contributed by atoms with E-state index in [2.05, 4.69) is 5.32 Å². The van der Waals surface area contributed by atoms with Crippen molar-refractivity contribution in [2.75, 3.05) is 29.4 Å². The Hall–Kier alpha value is -1.48. The molecule has 0 heterocycles. The van der Waals surface area contributed by atoms with Crippen LogP contribution in [0.5, 0.6) is 0 Å². The van der Waals surface area contributed by atoms with Crippen LogP contribution in [0.2, 0.25) is 10.0 Å². The summed E-state index contributed by atoms with van der Waals surface area (Å²) in [5.41, 5.74) is 1.04. The predicted molar refractivity (Wildman–Crippen MR) is 114 cm³/mol. The molecule has 5 nitrogen and oxygen atoms in total. The maximum absolute atomic E-state index is 13.4. The SMILES string of the molecule is CS(=O)(=O)N(CC(=O)NCCSCc1ccc(Cl)cc1Cl)c1cccc(F)c1. The van der Waals surface area contributed by atoms with E-state index in [4.69, 9.17) is 23.2 Å². The molecule has 0 atom stereocenters. The van der Waals surface area contributed by atoms with Crippen molar-refractivity contribution in [1.29, 1.82) is 0 Å². The van der Waals surface area contributed by atoms with Crippen molar-refractivity contribution in [2.45, 2.75) is 5.75 Å². The molecule has 0 aliphatic heterocycles. The van der Waals surface area contributed by atoms with E-state index >= 15 is 0 Å². The molecule has 0 aromatic heterocycles. The van der Waals surface area contributed by atoms with Gasteiger partial charge in [0.25, 0.3) is 0 Å². The first-order valence-electron chi connectivity index (χ1n) is 8.18. The van der Waals surface area contributed by atoms with Crippen LogP contribution in [0.4, 0.5) is 10.1 Å². The zero-order valence-electron chi connectivity index (χ0n) is 15.0. The average molecular weight is 465 g/mol. The third-order valence-corrected chi connectivity index (χ3v) is 6.36. The number of carbonyl (C=O) groups excluding carboxylic acids is 1. The second kappa shape index (κ2) is 10.3. The molecule has 2 aromatic rings. The molecule has 0 aliphatic carbocycles. The van der Waals surface area contributed by atoms with Gasteiger partial charge in [0.05, 0.1) is 11.9 Å². The fraction of sp³-hybridized carbons (Fsp3) is 0.278. The van der Waals surface area contributed by atoms with E-state index in [-0.39, 0.29) is 5.69 Å². The van der Waals surface area contributed by atoms with E-state index in [1.807, 2.05) is 6.07 Å². The topological polar surface area (TPSA) is 66.5 Å². The molecule has 0 saturated carbocycles. The highest BCUT2D eigenvalue weighted by molar-refractivity contribution is 7.98. The van der Waals surface area contributed by atoms with Crippen LogP contribution in [-0.4, -0.2) is 39.4 Å². The van der Waals surface area contributed by atoms with Crippen LogP contribution in [0, 0.1) is 5.82 Å². The van der Waals surface area contributed by atoms with Crippen molar-refractivity contribution in [1.82, 2.24) is 5.32 Å². The molecule has 152 valence electrons. The molecule has 0 unspecified atom stereocenters.